The van der Waals surface area contributed by atoms with E-state index in [2.05, 4.69) is 35.9 Å². The molecule has 0 saturated heterocycles. The van der Waals surface area contributed by atoms with Gasteiger partial charge in [-0.2, -0.15) is 0 Å². The van der Waals surface area contributed by atoms with E-state index in [0.717, 1.165) is 35.7 Å². The van der Waals surface area contributed by atoms with Crippen LogP contribution in [0, 0.1) is 13.8 Å². The highest BCUT2D eigenvalue weighted by atomic mass is 16.5. The zero-order valence-corrected chi connectivity index (χ0v) is 11.6. The van der Waals surface area contributed by atoms with Gasteiger partial charge >= 0.3 is 0 Å². The molecule has 0 bridgehead atoms. The molecule has 1 aromatic heterocycles. The first-order chi connectivity index (χ1) is 9.03. The Morgan fingerprint density at radius 1 is 1.26 bits per heavy atom. The maximum Gasteiger partial charge on any atom is 0.128 e. The van der Waals surface area contributed by atoms with Crippen molar-refractivity contribution in [3.05, 3.63) is 35.3 Å². The van der Waals surface area contributed by atoms with E-state index >= 15 is 0 Å². The molecule has 2 aromatic rings. The molecule has 0 aliphatic heterocycles. The molecule has 100 valence electrons. The Kier molecular flexibility index (Phi) is 2.64. The Hall–Kier alpha value is -1.81. The smallest absolute Gasteiger partial charge is 0.128 e. The van der Waals surface area contributed by atoms with E-state index in [0.29, 0.717) is 0 Å². The number of rotatable bonds is 3. The lowest BCUT2D eigenvalue weighted by atomic mass is 10.0. The van der Waals surface area contributed by atoms with Crippen molar-refractivity contribution in [1.29, 1.82) is 0 Å². The average Bonchev–Trinajstić information content (AvgIpc) is 2.95. The summed E-state index contributed by atoms with van der Waals surface area (Å²) < 4.78 is 5.47. The predicted octanol–water partition coefficient (Wildman–Crippen LogP) is 2.65. The van der Waals surface area contributed by atoms with Crippen molar-refractivity contribution in [2.45, 2.75) is 32.2 Å². The van der Waals surface area contributed by atoms with Gasteiger partial charge in [0.15, 0.2) is 0 Å². The van der Waals surface area contributed by atoms with Crippen LogP contribution >= 0.6 is 0 Å². The molecule has 1 aromatic carbocycles. The number of aryl methyl sites for hydroxylation is 2. The highest BCUT2D eigenvalue weighted by Crippen LogP contribution is 2.42. The molecule has 1 aliphatic rings. The summed E-state index contributed by atoms with van der Waals surface area (Å²) in [6, 6.07) is 4.18. The van der Waals surface area contributed by atoms with Gasteiger partial charge in [-0.05, 0) is 49.9 Å². The summed E-state index contributed by atoms with van der Waals surface area (Å²) >= 11 is 0. The van der Waals surface area contributed by atoms with Crippen LogP contribution in [0.3, 0.4) is 0 Å². The van der Waals surface area contributed by atoms with Gasteiger partial charge in [0.05, 0.1) is 24.5 Å². The number of methoxy groups -OCH3 is 1. The zero-order chi connectivity index (χ0) is 13.6. The van der Waals surface area contributed by atoms with Gasteiger partial charge in [0.2, 0.25) is 0 Å². The minimum Gasteiger partial charge on any atom is -0.496 e. The van der Waals surface area contributed by atoms with Crippen LogP contribution in [0.25, 0.3) is 11.3 Å². The first-order valence-corrected chi connectivity index (χ1v) is 6.53. The zero-order valence-electron chi connectivity index (χ0n) is 11.6. The van der Waals surface area contributed by atoms with Gasteiger partial charge in [-0.25, -0.2) is 4.98 Å². The Morgan fingerprint density at radius 3 is 2.58 bits per heavy atom. The topological polar surface area (TPSA) is 63.9 Å². The molecule has 0 radical (unpaired) electrons. The molecule has 1 aliphatic carbocycles. The van der Waals surface area contributed by atoms with E-state index < -0.39 is 0 Å². The third-order valence-electron chi connectivity index (χ3n) is 3.94. The molecule has 1 fully saturated rings. The second-order valence-electron chi connectivity index (χ2n) is 5.44. The highest BCUT2D eigenvalue weighted by Gasteiger charge is 2.42. The van der Waals surface area contributed by atoms with Crippen molar-refractivity contribution < 1.29 is 4.74 Å². The van der Waals surface area contributed by atoms with Gasteiger partial charge in [0.1, 0.15) is 11.6 Å². The van der Waals surface area contributed by atoms with E-state index in [1.54, 1.807) is 7.11 Å². The second kappa shape index (κ2) is 4.10. The van der Waals surface area contributed by atoms with Crippen LogP contribution in [0.2, 0.25) is 0 Å². The fourth-order valence-electron chi connectivity index (χ4n) is 2.25. The van der Waals surface area contributed by atoms with Crippen molar-refractivity contribution in [3.8, 4) is 17.0 Å². The monoisotopic (exact) mass is 257 g/mol. The summed E-state index contributed by atoms with van der Waals surface area (Å²) in [7, 11) is 1.69. The van der Waals surface area contributed by atoms with Gasteiger partial charge in [0.25, 0.3) is 0 Å². The first kappa shape index (κ1) is 12.2. The van der Waals surface area contributed by atoms with E-state index in [-0.39, 0.29) is 5.54 Å². The van der Waals surface area contributed by atoms with Crippen LogP contribution in [-0.4, -0.2) is 17.1 Å². The molecule has 0 atom stereocenters. The van der Waals surface area contributed by atoms with Crippen LogP contribution in [0.1, 0.15) is 29.8 Å². The minimum absolute atomic E-state index is 0.231. The van der Waals surface area contributed by atoms with Gasteiger partial charge in [-0.15, -0.1) is 0 Å². The maximum absolute atomic E-state index is 6.16. The number of ether oxygens (including phenoxy) is 1. The van der Waals surface area contributed by atoms with Gasteiger partial charge < -0.3 is 15.5 Å². The number of benzene rings is 1. The van der Waals surface area contributed by atoms with Crippen LogP contribution in [0.4, 0.5) is 0 Å². The van der Waals surface area contributed by atoms with E-state index in [1.807, 2.05) is 6.20 Å². The Labute approximate surface area is 113 Å². The summed E-state index contributed by atoms with van der Waals surface area (Å²) in [5, 5.41) is 0. The molecule has 3 N–H and O–H groups in total. The molecular formula is C15H19N3O. The molecule has 0 spiro atoms. The minimum atomic E-state index is -0.231. The third kappa shape index (κ3) is 2.02. The SMILES string of the molecule is COc1cc(C)c(C)cc1-c1cnc(C2(N)CC2)[nH]1. The molecule has 0 amide bonds. The van der Waals surface area contributed by atoms with E-state index in [1.165, 1.54) is 11.1 Å². The first-order valence-electron chi connectivity index (χ1n) is 6.53. The Balaban J connectivity index is 2.06. The quantitative estimate of drug-likeness (QED) is 0.888. The summed E-state index contributed by atoms with van der Waals surface area (Å²) in [4.78, 5) is 7.75. The normalized spacial score (nSPS) is 16.4. The van der Waals surface area contributed by atoms with Gasteiger partial charge in [0, 0.05) is 5.56 Å². The molecule has 4 heteroatoms. The number of hydrogen-bond donors (Lipinski definition) is 2. The van der Waals surface area contributed by atoms with E-state index in [4.69, 9.17) is 10.5 Å². The number of H-pyrrole nitrogens is 1. The van der Waals surface area contributed by atoms with Crippen LogP contribution in [0.5, 0.6) is 5.75 Å². The maximum atomic E-state index is 6.16. The van der Waals surface area contributed by atoms with Crippen LogP contribution < -0.4 is 10.5 Å². The predicted molar refractivity (Wildman–Crippen MR) is 75.1 cm³/mol. The van der Waals surface area contributed by atoms with Crippen molar-refractivity contribution in [1.82, 2.24) is 9.97 Å². The summed E-state index contributed by atoms with van der Waals surface area (Å²) in [5.41, 5.74) is 10.4. The van der Waals surface area contributed by atoms with Crippen molar-refractivity contribution in [2.24, 2.45) is 5.73 Å². The highest BCUT2D eigenvalue weighted by molar-refractivity contribution is 5.69. The van der Waals surface area contributed by atoms with Crippen molar-refractivity contribution in [3.63, 3.8) is 0 Å². The molecule has 19 heavy (non-hydrogen) atoms. The molecule has 0 unspecified atom stereocenters. The molecule has 3 rings (SSSR count). The number of nitrogens with zero attached hydrogens (tertiary/aromatic N) is 1. The summed E-state index contributed by atoms with van der Waals surface area (Å²) in [5.74, 6) is 1.74. The van der Waals surface area contributed by atoms with Crippen molar-refractivity contribution in [2.75, 3.05) is 7.11 Å². The molecule has 4 nitrogen and oxygen atoms in total. The number of hydrogen-bond acceptors (Lipinski definition) is 3. The molecular weight excluding hydrogens is 238 g/mol. The molecule has 1 heterocycles. The summed E-state index contributed by atoms with van der Waals surface area (Å²) in [6.45, 7) is 4.18. The fourth-order valence-corrected chi connectivity index (χ4v) is 2.25. The average molecular weight is 257 g/mol. The van der Waals surface area contributed by atoms with Crippen LogP contribution in [0.15, 0.2) is 18.3 Å². The lowest BCUT2D eigenvalue weighted by Gasteiger charge is -2.10. The lowest BCUT2D eigenvalue weighted by Crippen LogP contribution is -2.20. The molecule has 1 saturated carbocycles. The number of aromatic nitrogens is 2. The van der Waals surface area contributed by atoms with Gasteiger partial charge in [-0.3, -0.25) is 0 Å². The Bertz CT molecular complexity index is 626. The van der Waals surface area contributed by atoms with Crippen LogP contribution in [-0.2, 0) is 5.54 Å². The summed E-state index contributed by atoms with van der Waals surface area (Å²) in [6.07, 6.45) is 3.85. The third-order valence-corrected chi connectivity index (χ3v) is 3.94. The number of nitrogens with one attached hydrogen (secondary N) is 1. The van der Waals surface area contributed by atoms with E-state index in [9.17, 15) is 0 Å². The number of aromatic amines is 1. The Morgan fingerprint density at radius 2 is 1.95 bits per heavy atom. The lowest BCUT2D eigenvalue weighted by molar-refractivity contribution is 0.416. The van der Waals surface area contributed by atoms with Gasteiger partial charge in [-0.1, -0.05) is 0 Å². The number of imidazole rings is 1. The second-order valence-corrected chi connectivity index (χ2v) is 5.44. The van der Waals surface area contributed by atoms with Crippen molar-refractivity contribution >= 4 is 0 Å². The standard InChI is InChI=1S/C15H19N3O/c1-9-6-11(13(19-3)7-10(9)2)12-8-17-14(18-12)15(16)4-5-15/h6-8H,4-5,16H2,1-3H3,(H,17,18). The number of nitrogens with two attached hydrogens (primary N) is 1. The fraction of sp³-hybridized carbons (Fsp3) is 0.400. The largest absolute Gasteiger partial charge is 0.496 e.